The Morgan fingerprint density at radius 1 is 1.13 bits per heavy atom. The average molecular weight is 453 g/mol. The van der Waals surface area contributed by atoms with Crippen LogP contribution >= 0.6 is 23.1 Å². The van der Waals surface area contributed by atoms with Crippen LogP contribution in [-0.2, 0) is 11.3 Å². The summed E-state index contributed by atoms with van der Waals surface area (Å²) in [6.07, 6.45) is 1.73. The molecule has 0 bridgehead atoms. The summed E-state index contributed by atoms with van der Waals surface area (Å²) in [6, 6.07) is 15.3. The molecule has 0 aliphatic rings. The lowest BCUT2D eigenvalue weighted by molar-refractivity contribution is -0.112. The first-order chi connectivity index (χ1) is 15.1. The summed E-state index contributed by atoms with van der Waals surface area (Å²) in [5.74, 6) is 0.307. The van der Waals surface area contributed by atoms with Crippen molar-refractivity contribution >= 4 is 50.8 Å². The highest BCUT2D eigenvalue weighted by molar-refractivity contribution is 8.01. The fourth-order valence-electron chi connectivity index (χ4n) is 3.20. The van der Waals surface area contributed by atoms with Crippen molar-refractivity contribution in [2.24, 2.45) is 0 Å². The van der Waals surface area contributed by atoms with E-state index in [9.17, 15) is 9.59 Å². The third-order valence-corrected chi connectivity index (χ3v) is 6.50. The lowest BCUT2D eigenvalue weighted by Crippen LogP contribution is -2.22. The number of anilines is 1. The van der Waals surface area contributed by atoms with Crippen molar-refractivity contribution in [3.05, 3.63) is 65.9 Å². The number of thioether (sulfide) groups is 1. The number of nitrogens with one attached hydrogen (secondary N) is 1. The molecule has 0 spiro atoms. The molecular weight excluding hydrogens is 432 g/mol. The predicted molar refractivity (Wildman–Crippen MR) is 123 cm³/mol. The first-order valence-corrected chi connectivity index (χ1v) is 11.4. The van der Waals surface area contributed by atoms with Crippen molar-refractivity contribution in [2.45, 2.75) is 17.8 Å². The Kier molecular flexibility index (Phi) is 6.34. The summed E-state index contributed by atoms with van der Waals surface area (Å²) in [7, 11) is 1.63. The Bertz CT molecular complexity index is 1230. The smallest absolute Gasteiger partial charge is 0.298 e. The zero-order valence-corrected chi connectivity index (χ0v) is 18.6. The number of ketones is 1. The number of amides is 1. The Morgan fingerprint density at radius 2 is 1.90 bits per heavy atom. The summed E-state index contributed by atoms with van der Waals surface area (Å²) in [5.41, 5.74) is 2.29. The number of hydrogen-bond donors (Lipinski definition) is 1. The Balaban J connectivity index is 1.59. The van der Waals surface area contributed by atoms with E-state index in [2.05, 4.69) is 15.5 Å². The van der Waals surface area contributed by atoms with Crippen molar-refractivity contribution in [1.29, 1.82) is 0 Å². The van der Waals surface area contributed by atoms with Crippen LogP contribution < -0.4 is 10.1 Å². The van der Waals surface area contributed by atoms with Crippen LogP contribution in [-0.4, -0.2) is 39.3 Å². The van der Waals surface area contributed by atoms with Crippen LogP contribution in [0, 0.1) is 0 Å². The van der Waals surface area contributed by atoms with Gasteiger partial charge in [-0.2, -0.15) is 0 Å². The van der Waals surface area contributed by atoms with Crippen molar-refractivity contribution in [3.8, 4) is 5.75 Å². The quantitative estimate of drug-likeness (QED) is 0.184. The number of hydrogen-bond acceptors (Lipinski definition) is 7. The van der Waals surface area contributed by atoms with E-state index < -0.39 is 11.7 Å². The van der Waals surface area contributed by atoms with Gasteiger partial charge in [-0.1, -0.05) is 60.4 Å². The Hall–Kier alpha value is -3.17. The molecule has 0 unspecified atom stereocenters. The van der Waals surface area contributed by atoms with E-state index in [1.165, 1.54) is 23.1 Å². The zero-order valence-electron chi connectivity index (χ0n) is 17.0. The number of fused-ring (bicyclic) bond motifs is 1. The van der Waals surface area contributed by atoms with E-state index in [-0.39, 0.29) is 0 Å². The Labute approximate surface area is 187 Å². The molecule has 0 aliphatic heterocycles. The van der Waals surface area contributed by atoms with Gasteiger partial charge >= 0.3 is 0 Å². The first-order valence-electron chi connectivity index (χ1n) is 9.61. The normalized spacial score (nSPS) is 10.9. The molecule has 2 aromatic carbocycles. The fourth-order valence-corrected chi connectivity index (χ4v) is 4.85. The predicted octanol–water partition coefficient (Wildman–Crippen LogP) is 4.48. The SMILES string of the molecule is CCSc1nnc(NC(=O)C(=O)c2cn(Cc3ccc(OC)cc3)c3ccccc23)s1. The third kappa shape index (κ3) is 4.62. The summed E-state index contributed by atoms with van der Waals surface area (Å²) in [6.45, 7) is 2.57. The number of aromatic nitrogens is 3. The lowest BCUT2D eigenvalue weighted by atomic mass is 10.1. The molecule has 2 heterocycles. The van der Waals surface area contributed by atoms with Gasteiger partial charge < -0.3 is 9.30 Å². The maximum atomic E-state index is 13.0. The molecule has 1 amide bonds. The fraction of sp³-hybridized carbons (Fsp3) is 0.182. The van der Waals surface area contributed by atoms with Crippen molar-refractivity contribution < 1.29 is 14.3 Å². The molecular formula is C22H20N4O3S2. The highest BCUT2D eigenvalue weighted by Crippen LogP contribution is 2.26. The molecule has 31 heavy (non-hydrogen) atoms. The summed E-state index contributed by atoms with van der Waals surface area (Å²) < 4.78 is 7.93. The number of ether oxygens (including phenoxy) is 1. The number of benzene rings is 2. The van der Waals surface area contributed by atoms with E-state index in [4.69, 9.17) is 4.74 Å². The molecule has 9 heteroatoms. The average Bonchev–Trinajstić information content (AvgIpc) is 3.38. The molecule has 0 saturated carbocycles. The van der Waals surface area contributed by atoms with E-state index >= 15 is 0 Å². The van der Waals surface area contributed by atoms with Gasteiger partial charge in [0.1, 0.15) is 5.75 Å². The molecule has 0 fully saturated rings. The lowest BCUT2D eigenvalue weighted by Gasteiger charge is -2.06. The third-order valence-electron chi connectivity index (χ3n) is 4.65. The van der Waals surface area contributed by atoms with Crippen molar-refractivity contribution in [3.63, 3.8) is 0 Å². The minimum Gasteiger partial charge on any atom is -0.497 e. The van der Waals surface area contributed by atoms with Gasteiger partial charge in [0.05, 0.1) is 12.7 Å². The van der Waals surface area contributed by atoms with Gasteiger partial charge in [0.2, 0.25) is 5.13 Å². The minimum atomic E-state index is -0.725. The summed E-state index contributed by atoms with van der Waals surface area (Å²) >= 11 is 2.79. The molecule has 4 rings (SSSR count). The van der Waals surface area contributed by atoms with E-state index in [0.29, 0.717) is 17.2 Å². The number of carbonyl (C=O) groups is 2. The van der Waals surface area contributed by atoms with Crippen LogP contribution in [0.3, 0.4) is 0 Å². The molecule has 0 radical (unpaired) electrons. The first kappa shape index (κ1) is 21.1. The van der Waals surface area contributed by atoms with Crippen molar-refractivity contribution in [2.75, 3.05) is 18.2 Å². The maximum absolute atomic E-state index is 13.0. The van der Waals surface area contributed by atoms with Crippen LogP contribution in [0.15, 0.2) is 59.1 Å². The number of methoxy groups -OCH3 is 1. The molecule has 2 aromatic heterocycles. The second-order valence-corrected chi connectivity index (χ2v) is 9.11. The van der Waals surface area contributed by atoms with Crippen LogP contribution in [0.5, 0.6) is 5.75 Å². The van der Waals surface area contributed by atoms with Crippen LogP contribution in [0.1, 0.15) is 22.8 Å². The zero-order chi connectivity index (χ0) is 21.8. The van der Waals surface area contributed by atoms with E-state index in [1.54, 1.807) is 13.3 Å². The van der Waals surface area contributed by atoms with Crippen LogP contribution in [0.2, 0.25) is 0 Å². The van der Waals surface area contributed by atoms with Gasteiger partial charge in [-0.3, -0.25) is 14.9 Å². The minimum absolute atomic E-state index is 0.316. The highest BCUT2D eigenvalue weighted by atomic mass is 32.2. The molecule has 0 saturated heterocycles. The van der Waals surface area contributed by atoms with E-state index in [1.807, 2.05) is 60.0 Å². The van der Waals surface area contributed by atoms with Gasteiger partial charge in [0.15, 0.2) is 4.34 Å². The second-order valence-electron chi connectivity index (χ2n) is 6.63. The molecule has 0 aliphatic carbocycles. The number of nitrogens with zero attached hydrogens (tertiary/aromatic N) is 3. The van der Waals surface area contributed by atoms with Crippen molar-refractivity contribution in [1.82, 2.24) is 14.8 Å². The highest BCUT2D eigenvalue weighted by Gasteiger charge is 2.23. The molecule has 7 nitrogen and oxygen atoms in total. The monoisotopic (exact) mass is 452 g/mol. The van der Waals surface area contributed by atoms with Gasteiger partial charge in [-0.15, -0.1) is 10.2 Å². The van der Waals surface area contributed by atoms with Gasteiger partial charge in [-0.05, 0) is 29.5 Å². The van der Waals surface area contributed by atoms with Gasteiger partial charge in [0.25, 0.3) is 11.7 Å². The molecule has 4 aromatic rings. The van der Waals surface area contributed by atoms with Crippen LogP contribution in [0.25, 0.3) is 10.9 Å². The summed E-state index contributed by atoms with van der Waals surface area (Å²) in [4.78, 5) is 25.6. The Morgan fingerprint density at radius 3 is 2.65 bits per heavy atom. The number of carbonyl (C=O) groups excluding carboxylic acids is 2. The molecule has 158 valence electrons. The maximum Gasteiger partial charge on any atom is 0.298 e. The largest absolute Gasteiger partial charge is 0.497 e. The molecule has 0 atom stereocenters. The second kappa shape index (κ2) is 9.32. The topological polar surface area (TPSA) is 86.1 Å². The number of rotatable bonds is 8. The number of para-hydroxylation sites is 1. The van der Waals surface area contributed by atoms with E-state index in [0.717, 1.165) is 32.3 Å². The van der Waals surface area contributed by atoms with Gasteiger partial charge in [-0.25, -0.2) is 0 Å². The number of Topliss-reactive ketones (excluding diaryl/α,β-unsaturated/α-hetero) is 1. The molecule has 1 N–H and O–H groups in total. The van der Waals surface area contributed by atoms with Crippen LogP contribution in [0.4, 0.5) is 5.13 Å². The van der Waals surface area contributed by atoms with Gasteiger partial charge in [0, 0.05) is 23.6 Å². The standard InChI is InChI=1S/C22H20N4O3S2/c1-3-30-22-25-24-21(31-22)23-20(28)19(27)17-13-26(18-7-5-4-6-16(17)18)12-14-8-10-15(29-2)11-9-14/h4-11,13H,3,12H2,1-2H3,(H,23,24,28). The summed E-state index contributed by atoms with van der Waals surface area (Å²) in [5, 5.41) is 11.6.